The van der Waals surface area contributed by atoms with Gasteiger partial charge < -0.3 is 14.9 Å². The van der Waals surface area contributed by atoms with Gasteiger partial charge in [0.15, 0.2) is 11.5 Å². The van der Waals surface area contributed by atoms with Crippen molar-refractivity contribution in [2.45, 2.75) is 24.7 Å². The highest BCUT2D eigenvalue weighted by Crippen LogP contribution is 2.50. The first-order valence-corrected chi connectivity index (χ1v) is 5.32. The minimum absolute atomic E-state index is 0.0916. The topological polar surface area (TPSA) is 66.8 Å². The lowest BCUT2D eigenvalue weighted by Crippen LogP contribution is -2.43. The summed E-state index contributed by atoms with van der Waals surface area (Å²) in [6.07, 6.45) is 1.38. The number of aromatic hydroxyl groups is 1. The molecule has 5 heteroatoms. The number of carboxylic acid groups (broad SMARTS) is 1. The maximum absolute atomic E-state index is 13.8. The van der Waals surface area contributed by atoms with Crippen molar-refractivity contribution in [1.29, 1.82) is 0 Å². The molecule has 1 fully saturated rings. The molecular formula is C12H13FO4. The van der Waals surface area contributed by atoms with Crippen LogP contribution in [0.3, 0.4) is 0 Å². The molecule has 0 saturated heterocycles. The van der Waals surface area contributed by atoms with Crippen LogP contribution < -0.4 is 4.74 Å². The lowest BCUT2D eigenvalue weighted by molar-refractivity contribution is -0.147. The second kappa shape index (κ2) is 3.91. The standard InChI is InChI=1S/C12H13FO4/c1-17-8-4-3-7(13)9(10(8)14)12(11(15)16)5-2-6-12/h3-4,14H,2,5-6H2,1H3,(H,15,16). The number of phenols is 1. The Kier molecular flexibility index (Phi) is 2.69. The Morgan fingerprint density at radius 3 is 2.53 bits per heavy atom. The Labute approximate surface area is 97.6 Å². The van der Waals surface area contributed by atoms with E-state index in [2.05, 4.69) is 0 Å². The van der Waals surface area contributed by atoms with Crippen molar-refractivity contribution >= 4 is 5.97 Å². The normalized spacial score (nSPS) is 17.3. The third-order valence-electron chi connectivity index (χ3n) is 3.41. The summed E-state index contributed by atoms with van der Waals surface area (Å²) in [5.41, 5.74) is -1.46. The van der Waals surface area contributed by atoms with Crippen LogP contribution in [0.1, 0.15) is 24.8 Å². The Hall–Kier alpha value is -1.78. The van der Waals surface area contributed by atoms with E-state index >= 15 is 0 Å². The molecule has 0 bridgehead atoms. The zero-order valence-electron chi connectivity index (χ0n) is 9.36. The molecule has 2 N–H and O–H groups in total. The number of rotatable bonds is 3. The van der Waals surface area contributed by atoms with Gasteiger partial charge >= 0.3 is 5.97 Å². The van der Waals surface area contributed by atoms with E-state index in [-0.39, 0.29) is 11.3 Å². The minimum atomic E-state index is -1.30. The summed E-state index contributed by atoms with van der Waals surface area (Å²) in [6.45, 7) is 0. The zero-order chi connectivity index (χ0) is 12.6. The fourth-order valence-corrected chi connectivity index (χ4v) is 2.27. The fraction of sp³-hybridized carbons (Fsp3) is 0.417. The molecule has 0 radical (unpaired) electrons. The van der Waals surface area contributed by atoms with Crippen molar-refractivity contribution in [3.05, 3.63) is 23.5 Å². The first-order chi connectivity index (χ1) is 8.03. The van der Waals surface area contributed by atoms with E-state index in [9.17, 15) is 19.4 Å². The molecule has 0 heterocycles. The highest BCUT2D eigenvalue weighted by atomic mass is 19.1. The van der Waals surface area contributed by atoms with E-state index in [4.69, 9.17) is 4.74 Å². The van der Waals surface area contributed by atoms with Crippen LogP contribution in [0.4, 0.5) is 4.39 Å². The minimum Gasteiger partial charge on any atom is -0.504 e. The van der Waals surface area contributed by atoms with Crippen molar-refractivity contribution in [2.75, 3.05) is 7.11 Å². The number of methoxy groups -OCH3 is 1. The molecule has 0 atom stereocenters. The number of hydrogen-bond acceptors (Lipinski definition) is 3. The monoisotopic (exact) mass is 240 g/mol. The second-order valence-corrected chi connectivity index (χ2v) is 4.21. The molecule has 1 aromatic carbocycles. The van der Waals surface area contributed by atoms with Crippen LogP contribution in [0.15, 0.2) is 12.1 Å². The average Bonchev–Trinajstić information content (AvgIpc) is 2.21. The number of aliphatic carboxylic acids is 1. The third kappa shape index (κ3) is 1.53. The summed E-state index contributed by atoms with van der Waals surface area (Å²) < 4.78 is 18.6. The molecule has 2 rings (SSSR count). The van der Waals surface area contributed by atoms with E-state index in [1.54, 1.807) is 0 Å². The summed E-state index contributed by atoms with van der Waals surface area (Å²) in [5.74, 6) is -2.12. The van der Waals surface area contributed by atoms with Crippen molar-refractivity contribution in [1.82, 2.24) is 0 Å². The van der Waals surface area contributed by atoms with Gasteiger partial charge in [-0.25, -0.2) is 4.39 Å². The lowest BCUT2D eigenvalue weighted by atomic mass is 9.64. The van der Waals surface area contributed by atoms with Crippen molar-refractivity contribution in [2.24, 2.45) is 0 Å². The summed E-state index contributed by atoms with van der Waals surface area (Å²) in [5, 5.41) is 19.1. The number of phenolic OH excluding ortho intramolecular Hbond substituents is 1. The predicted molar refractivity (Wildman–Crippen MR) is 57.8 cm³/mol. The maximum Gasteiger partial charge on any atom is 0.314 e. The number of carbonyl (C=O) groups is 1. The number of halogens is 1. The summed E-state index contributed by atoms with van der Waals surface area (Å²) >= 11 is 0. The molecule has 4 nitrogen and oxygen atoms in total. The van der Waals surface area contributed by atoms with E-state index in [0.29, 0.717) is 19.3 Å². The molecule has 1 aliphatic rings. The summed E-state index contributed by atoms with van der Waals surface area (Å²) in [6, 6.07) is 2.40. The van der Waals surface area contributed by atoms with Crippen LogP contribution in [0.2, 0.25) is 0 Å². The molecule has 0 amide bonds. The first-order valence-electron chi connectivity index (χ1n) is 5.32. The van der Waals surface area contributed by atoms with Crippen LogP contribution in [-0.4, -0.2) is 23.3 Å². The van der Waals surface area contributed by atoms with Crippen LogP contribution in [0, 0.1) is 5.82 Å². The van der Waals surface area contributed by atoms with Crippen LogP contribution in [-0.2, 0) is 10.2 Å². The van der Waals surface area contributed by atoms with Crippen LogP contribution in [0.5, 0.6) is 11.5 Å². The summed E-state index contributed by atoms with van der Waals surface area (Å²) in [7, 11) is 1.34. The predicted octanol–water partition coefficient (Wildman–Crippen LogP) is 2.05. The van der Waals surface area contributed by atoms with Crippen molar-refractivity contribution in [3.63, 3.8) is 0 Å². The van der Waals surface area contributed by atoms with Gasteiger partial charge in [-0.3, -0.25) is 4.79 Å². The average molecular weight is 240 g/mol. The smallest absolute Gasteiger partial charge is 0.314 e. The zero-order valence-corrected chi connectivity index (χ0v) is 9.36. The molecule has 17 heavy (non-hydrogen) atoms. The van der Waals surface area contributed by atoms with E-state index in [1.165, 1.54) is 13.2 Å². The molecule has 1 saturated carbocycles. The number of benzene rings is 1. The van der Waals surface area contributed by atoms with Gasteiger partial charge in [-0.15, -0.1) is 0 Å². The van der Waals surface area contributed by atoms with Crippen LogP contribution >= 0.6 is 0 Å². The molecule has 0 unspecified atom stereocenters. The Balaban J connectivity index is 2.61. The number of hydrogen-bond donors (Lipinski definition) is 2. The fourth-order valence-electron chi connectivity index (χ4n) is 2.27. The van der Waals surface area contributed by atoms with Gasteiger partial charge in [-0.05, 0) is 25.0 Å². The van der Waals surface area contributed by atoms with Gasteiger partial charge in [0.25, 0.3) is 0 Å². The van der Waals surface area contributed by atoms with E-state index < -0.39 is 23.0 Å². The lowest BCUT2D eigenvalue weighted by Gasteiger charge is -2.38. The highest BCUT2D eigenvalue weighted by molar-refractivity contribution is 5.84. The molecule has 0 spiro atoms. The SMILES string of the molecule is COc1ccc(F)c(C2(C(=O)O)CCC2)c1O. The first kappa shape index (κ1) is 11.7. The molecule has 0 aliphatic heterocycles. The van der Waals surface area contributed by atoms with E-state index in [0.717, 1.165) is 6.07 Å². The molecule has 1 aromatic rings. The molecule has 0 aromatic heterocycles. The highest BCUT2D eigenvalue weighted by Gasteiger charge is 2.49. The largest absolute Gasteiger partial charge is 0.504 e. The Morgan fingerprint density at radius 2 is 2.12 bits per heavy atom. The van der Waals surface area contributed by atoms with Gasteiger partial charge in [0.1, 0.15) is 5.82 Å². The molecule has 92 valence electrons. The number of carboxylic acids is 1. The van der Waals surface area contributed by atoms with Gasteiger partial charge in [0.05, 0.1) is 18.1 Å². The van der Waals surface area contributed by atoms with E-state index in [1.807, 2.05) is 0 Å². The Morgan fingerprint density at radius 1 is 1.47 bits per heavy atom. The maximum atomic E-state index is 13.8. The van der Waals surface area contributed by atoms with Crippen molar-refractivity contribution in [3.8, 4) is 11.5 Å². The quantitative estimate of drug-likeness (QED) is 0.848. The number of ether oxygens (including phenoxy) is 1. The van der Waals surface area contributed by atoms with Gasteiger partial charge in [-0.2, -0.15) is 0 Å². The molecule has 1 aliphatic carbocycles. The second-order valence-electron chi connectivity index (χ2n) is 4.21. The Bertz CT molecular complexity index is 466. The van der Waals surface area contributed by atoms with Crippen LogP contribution in [0.25, 0.3) is 0 Å². The van der Waals surface area contributed by atoms with Gasteiger partial charge in [-0.1, -0.05) is 6.42 Å². The van der Waals surface area contributed by atoms with Gasteiger partial charge in [0, 0.05) is 0 Å². The van der Waals surface area contributed by atoms with Gasteiger partial charge in [0.2, 0.25) is 0 Å². The molecular weight excluding hydrogens is 227 g/mol. The third-order valence-corrected chi connectivity index (χ3v) is 3.41. The summed E-state index contributed by atoms with van der Waals surface area (Å²) in [4.78, 5) is 11.3. The van der Waals surface area contributed by atoms with Crippen molar-refractivity contribution < 1.29 is 24.1 Å².